The number of nitrogens with zero attached hydrogens (tertiary/aromatic N) is 3. The van der Waals surface area contributed by atoms with Crippen LogP contribution in [0.1, 0.15) is 42.5 Å². The lowest BCUT2D eigenvalue weighted by molar-refractivity contribution is -0.131. The average Bonchev–Trinajstić information content (AvgIpc) is 2.92. The third-order valence-corrected chi connectivity index (χ3v) is 7.18. The average molecular weight is 516 g/mol. The summed E-state index contributed by atoms with van der Waals surface area (Å²) >= 11 is 0. The molecule has 0 unspecified atom stereocenters. The van der Waals surface area contributed by atoms with Gasteiger partial charge in [-0.2, -0.15) is 0 Å². The molecule has 2 aromatic rings. The highest BCUT2D eigenvalue weighted by Gasteiger charge is 2.29. The van der Waals surface area contributed by atoms with Crippen molar-refractivity contribution in [2.75, 3.05) is 58.4 Å². The minimum absolute atomic E-state index is 0. The molecule has 0 radical (unpaired) electrons. The Bertz CT molecular complexity index is 987. The summed E-state index contributed by atoms with van der Waals surface area (Å²) in [6, 6.07) is 14.3. The summed E-state index contributed by atoms with van der Waals surface area (Å²) in [5.74, 6) is 1.60. The minimum Gasteiger partial charge on any atom is -0.497 e. The first-order valence-corrected chi connectivity index (χ1v) is 12.7. The number of hydrogen-bond acceptors (Lipinski definition) is 5. The molecule has 2 aliphatic heterocycles. The van der Waals surface area contributed by atoms with Gasteiger partial charge in [0.1, 0.15) is 18.0 Å². The van der Waals surface area contributed by atoms with Crippen LogP contribution in [0.5, 0.6) is 11.5 Å². The molecule has 0 spiro atoms. The molecule has 2 aromatic carbocycles. The van der Waals surface area contributed by atoms with Gasteiger partial charge in [-0.1, -0.05) is 18.6 Å². The second kappa shape index (κ2) is 13.5. The number of methoxy groups -OCH3 is 2. The lowest BCUT2D eigenvalue weighted by Gasteiger charge is -2.37. The highest BCUT2D eigenvalue weighted by molar-refractivity contribution is 6.09. The zero-order chi connectivity index (χ0) is 24.6. The van der Waals surface area contributed by atoms with Gasteiger partial charge in [-0.05, 0) is 81.1 Å². The van der Waals surface area contributed by atoms with Gasteiger partial charge in [0.25, 0.3) is 5.91 Å². The summed E-state index contributed by atoms with van der Waals surface area (Å²) in [7, 11) is 3.16. The molecule has 0 saturated carbocycles. The van der Waals surface area contributed by atoms with E-state index in [4.69, 9.17) is 9.47 Å². The van der Waals surface area contributed by atoms with Gasteiger partial charge in [-0.15, -0.1) is 12.4 Å². The molecule has 2 heterocycles. The maximum atomic E-state index is 13.6. The number of rotatable bonds is 8. The summed E-state index contributed by atoms with van der Waals surface area (Å²) in [5.41, 5.74) is 1.08. The molecule has 4 rings (SSSR count). The molecule has 36 heavy (non-hydrogen) atoms. The molecule has 2 amide bonds. The van der Waals surface area contributed by atoms with E-state index in [1.54, 1.807) is 44.6 Å². The number of likely N-dealkylation sites (tertiary alicyclic amines) is 2. The molecule has 196 valence electrons. The zero-order valence-electron chi connectivity index (χ0n) is 21.4. The first-order valence-electron chi connectivity index (χ1n) is 12.7. The van der Waals surface area contributed by atoms with Gasteiger partial charge in [-0.3, -0.25) is 14.5 Å². The van der Waals surface area contributed by atoms with Crippen molar-refractivity contribution in [3.63, 3.8) is 0 Å². The van der Waals surface area contributed by atoms with E-state index in [9.17, 15) is 9.59 Å². The van der Waals surface area contributed by atoms with E-state index in [2.05, 4.69) is 4.90 Å². The first kappa shape index (κ1) is 27.8. The SMILES string of the molecule is COc1ccc(C(=O)N(CC(=O)N2CCC(CN3CCCCC3)CC2)c2ccccc2OC)cc1.Cl. The lowest BCUT2D eigenvalue weighted by atomic mass is 9.95. The maximum absolute atomic E-state index is 13.6. The second-order valence-electron chi connectivity index (χ2n) is 9.48. The molecular weight excluding hydrogens is 478 g/mol. The van der Waals surface area contributed by atoms with E-state index >= 15 is 0 Å². The van der Waals surface area contributed by atoms with Gasteiger partial charge in [-0.25, -0.2) is 0 Å². The molecule has 0 bridgehead atoms. The molecular formula is C28H38ClN3O4. The summed E-state index contributed by atoms with van der Waals surface area (Å²) in [6.45, 7) is 5.02. The molecule has 8 heteroatoms. The van der Waals surface area contributed by atoms with Gasteiger partial charge < -0.3 is 19.3 Å². The van der Waals surface area contributed by atoms with Crippen LogP contribution in [0, 0.1) is 5.92 Å². The van der Waals surface area contributed by atoms with E-state index in [1.807, 2.05) is 23.1 Å². The van der Waals surface area contributed by atoms with E-state index < -0.39 is 0 Å². The van der Waals surface area contributed by atoms with Crippen molar-refractivity contribution in [1.82, 2.24) is 9.80 Å². The molecule has 7 nitrogen and oxygen atoms in total. The summed E-state index contributed by atoms with van der Waals surface area (Å²) < 4.78 is 10.7. The zero-order valence-corrected chi connectivity index (χ0v) is 22.2. The number of carbonyl (C=O) groups is 2. The Balaban J connectivity index is 0.00000361. The third-order valence-electron chi connectivity index (χ3n) is 7.18. The fourth-order valence-corrected chi connectivity index (χ4v) is 5.12. The van der Waals surface area contributed by atoms with Crippen LogP contribution < -0.4 is 14.4 Å². The van der Waals surface area contributed by atoms with Crippen LogP contribution in [0.3, 0.4) is 0 Å². The number of piperidine rings is 2. The molecule has 2 saturated heterocycles. The first-order chi connectivity index (χ1) is 17.1. The number of halogens is 1. The normalized spacial score (nSPS) is 16.7. The Labute approximate surface area is 220 Å². The van der Waals surface area contributed by atoms with Crippen LogP contribution in [0.4, 0.5) is 5.69 Å². The van der Waals surface area contributed by atoms with Crippen molar-refractivity contribution < 1.29 is 19.1 Å². The third kappa shape index (κ3) is 6.92. The number of ether oxygens (including phenoxy) is 2. The second-order valence-corrected chi connectivity index (χ2v) is 9.48. The van der Waals surface area contributed by atoms with E-state index in [0.717, 1.165) is 32.5 Å². The van der Waals surface area contributed by atoms with Crippen molar-refractivity contribution in [2.24, 2.45) is 5.92 Å². The van der Waals surface area contributed by atoms with Gasteiger partial charge in [0.05, 0.1) is 19.9 Å². The quantitative estimate of drug-likeness (QED) is 0.518. The predicted molar refractivity (Wildman–Crippen MR) is 145 cm³/mol. The van der Waals surface area contributed by atoms with E-state index in [-0.39, 0.29) is 30.8 Å². The Hall–Kier alpha value is -2.77. The van der Waals surface area contributed by atoms with Gasteiger partial charge >= 0.3 is 0 Å². The Morgan fingerprint density at radius 2 is 1.56 bits per heavy atom. The largest absolute Gasteiger partial charge is 0.497 e. The van der Waals surface area contributed by atoms with Gasteiger partial charge in [0.15, 0.2) is 0 Å². The molecule has 0 atom stereocenters. The molecule has 2 fully saturated rings. The van der Waals surface area contributed by atoms with Crippen LogP contribution in [-0.2, 0) is 4.79 Å². The number of para-hydroxylation sites is 2. The van der Waals surface area contributed by atoms with Crippen molar-refractivity contribution in [3.05, 3.63) is 54.1 Å². The topological polar surface area (TPSA) is 62.3 Å². The predicted octanol–water partition coefficient (Wildman–Crippen LogP) is 4.50. The lowest BCUT2D eigenvalue weighted by Crippen LogP contribution is -2.47. The van der Waals surface area contributed by atoms with Gasteiger partial charge in [0.2, 0.25) is 5.91 Å². The Morgan fingerprint density at radius 3 is 2.19 bits per heavy atom. The van der Waals surface area contributed by atoms with Crippen LogP contribution in [0.15, 0.2) is 48.5 Å². The fourth-order valence-electron chi connectivity index (χ4n) is 5.12. The Morgan fingerprint density at radius 1 is 0.889 bits per heavy atom. The summed E-state index contributed by atoms with van der Waals surface area (Å²) in [4.78, 5) is 33.0. The standard InChI is InChI=1S/C28H37N3O4.ClH/c1-34-24-12-10-23(11-13-24)28(33)31(25-8-4-5-9-26(25)35-2)21-27(32)30-18-14-22(15-19-30)20-29-16-6-3-7-17-29;/h4-5,8-13,22H,3,6-7,14-21H2,1-2H3;1H. The minimum atomic E-state index is -0.245. The van der Waals surface area contributed by atoms with Crippen LogP contribution in [0.2, 0.25) is 0 Å². The maximum Gasteiger partial charge on any atom is 0.258 e. The molecule has 0 N–H and O–H groups in total. The van der Waals surface area contributed by atoms with Crippen molar-refractivity contribution in [2.45, 2.75) is 32.1 Å². The molecule has 0 aromatic heterocycles. The summed E-state index contributed by atoms with van der Waals surface area (Å²) in [6.07, 6.45) is 5.99. The van der Waals surface area contributed by atoms with Crippen LogP contribution >= 0.6 is 12.4 Å². The van der Waals surface area contributed by atoms with E-state index in [0.29, 0.717) is 28.7 Å². The molecule has 2 aliphatic rings. The number of carbonyl (C=O) groups excluding carboxylic acids is 2. The fraction of sp³-hybridized carbons (Fsp3) is 0.500. The monoisotopic (exact) mass is 515 g/mol. The number of benzene rings is 2. The van der Waals surface area contributed by atoms with Crippen LogP contribution in [0.25, 0.3) is 0 Å². The number of anilines is 1. The Kier molecular flexibility index (Phi) is 10.4. The van der Waals surface area contributed by atoms with Crippen LogP contribution in [-0.4, -0.2) is 75.1 Å². The summed E-state index contributed by atoms with van der Waals surface area (Å²) in [5, 5.41) is 0. The highest BCUT2D eigenvalue weighted by atomic mass is 35.5. The van der Waals surface area contributed by atoms with Crippen molar-refractivity contribution in [3.8, 4) is 11.5 Å². The van der Waals surface area contributed by atoms with Gasteiger partial charge in [0, 0.05) is 25.2 Å². The number of hydrogen-bond donors (Lipinski definition) is 0. The van der Waals surface area contributed by atoms with Crippen molar-refractivity contribution >= 4 is 29.9 Å². The van der Waals surface area contributed by atoms with E-state index in [1.165, 1.54) is 37.3 Å². The number of amides is 2. The van der Waals surface area contributed by atoms with Crippen molar-refractivity contribution in [1.29, 1.82) is 0 Å². The smallest absolute Gasteiger partial charge is 0.258 e. The molecule has 0 aliphatic carbocycles. The highest BCUT2D eigenvalue weighted by Crippen LogP contribution is 2.30.